The van der Waals surface area contributed by atoms with Crippen LogP contribution in [0.5, 0.6) is 0 Å². The van der Waals surface area contributed by atoms with E-state index in [2.05, 4.69) is 0 Å². The summed E-state index contributed by atoms with van der Waals surface area (Å²) >= 11 is 5.40. The van der Waals surface area contributed by atoms with Crippen LogP contribution in [-0.2, 0) is 9.47 Å². The molecule has 0 aromatic rings. The van der Waals surface area contributed by atoms with E-state index in [1.807, 2.05) is 0 Å². The molecule has 1 aliphatic rings. The molecule has 15 heavy (non-hydrogen) atoms. The fraction of sp³-hybridized carbons (Fsp3) is 1.00. The van der Waals surface area contributed by atoms with Crippen molar-refractivity contribution in [2.24, 2.45) is 0 Å². The highest BCUT2D eigenvalue weighted by molar-refractivity contribution is 6.17. The number of hydrogen-bond donors (Lipinski definition) is 4. The molecule has 6 nitrogen and oxygen atoms in total. The van der Waals surface area contributed by atoms with Gasteiger partial charge in [-0.1, -0.05) is 0 Å². The van der Waals surface area contributed by atoms with E-state index in [-0.39, 0.29) is 19.1 Å². The smallest absolute Gasteiger partial charge is 0.221 e. The Hall–Kier alpha value is 0.0500. The number of rotatable bonds is 4. The van der Waals surface area contributed by atoms with Gasteiger partial charge in [-0.05, 0) is 0 Å². The normalized spacial score (nSPS) is 41.8. The largest absolute Gasteiger partial charge is 0.391 e. The van der Waals surface area contributed by atoms with E-state index in [9.17, 15) is 15.3 Å². The van der Waals surface area contributed by atoms with Crippen molar-refractivity contribution in [2.45, 2.75) is 24.1 Å². The van der Waals surface area contributed by atoms with E-state index in [4.69, 9.17) is 26.2 Å². The second kappa shape index (κ2) is 5.40. The van der Waals surface area contributed by atoms with Crippen molar-refractivity contribution in [2.75, 3.05) is 25.7 Å². The van der Waals surface area contributed by atoms with Gasteiger partial charge in [-0.2, -0.15) is 0 Å². The Morgan fingerprint density at radius 2 is 2.07 bits per heavy atom. The average Bonchev–Trinajstić information content (AvgIpc) is 2.26. The van der Waals surface area contributed by atoms with Gasteiger partial charge in [0.15, 0.2) is 0 Å². The molecular weight excluding hydrogens is 228 g/mol. The van der Waals surface area contributed by atoms with Crippen molar-refractivity contribution in [3.63, 3.8) is 0 Å². The molecule has 0 radical (unpaired) electrons. The van der Waals surface area contributed by atoms with E-state index in [0.717, 1.165) is 0 Å². The van der Waals surface area contributed by atoms with Crippen molar-refractivity contribution < 1.29 is 29.9 Å². The molecule has 0 bridgehead atoms. The average molecular weight is 243 g/mol. The first kappa shape index (κ1) is 13.1. The van der Waals surface area contributed by atoms with Crippen molar-refractivity contribution >= 4 is 11.6 Å². The van der Waals surface area contributed by atoms with Gasteiger partial charge in [-0.3, -0.25) is 0 Å². The molecular formula is C8H15ClO6. The predicted octanol–water partition coefficient (Wildman–Crippen LogP) is -1.96. The second-order valence-electron chi connectivity index (χ2n) is 3.32. The van der Waals surface area contributed by atoms with Gasteiger partial charge in [-0.25, -0.2) is 0 Å². The molecule has 0 unspecified atom stereocenters. The van der Waals surface area contributed by atoms with Crippen molar-refractivity contribution in [1.82, 2.24) is 0 Å². The monoisotopic (exact) mass is 242 g/mol. The van der Waals surface area contributed by atoms with E-state index >= 15 is 0 Å². The Morgan fingerprint density at radius 1 is 1.40 bits per heavy atom. The van der Waals surface area contributed by atoms with Crippen LogP contribution in [0.15, 0.2) is 0 Å². The molecule has 1 heterocycles. The van der Waals surface area contributed by atoms with Crippen LogP contribution in [-0.4, -0.2) is 70.2 Å². The topological polar surface area (TPSA) is 99.4 Å². The molecule has 0 saturated carbocycles. The number of halogens is 1. The molecule has 1 fully saturated rings. The molecule has 1 rings (SSSR count). The molecule has 1 aliphatic heterocycles. The van der Waals surface area contributed by atoms with Crippen LogP contribution in [0.25, 0.3) is 0 Å². The third-order valence-electron chi connectivity index (χ3n) is 2.31. The molecule has 0 spiro atoms. The lowest BCUT2D eigenvalue weighted by molar-refractivity contribution is -0.347. The summed E-state index contributed by atoms with van der Waals surface area (Å²) in [5.41, 5.74) is 0. The minimum Gasteiger partial charge on any atom is -0.391 e. The number of alkyl halides is 1. The summed E-state index contributed by atoms with van der Waals surface area (Å²) in [6.07, 6.45) is -4.13. The van der Waals surface area contributed by atoms with E-state index in [1.165, 1.54) is 0 Å². The summed E-state index contributed by atoms with van der Waals surface area (Å²) in [7, 11) is 0. The van der Waals surface area contributed by atoms with Crippen LogP contribution in [0.2, 0.25) is 0 Å². The van der Waals surface area contributed by atoms with Crippen LogP contribution in [0.4, 0.5) is 0 Å². The Labute approximate surface area is 92.0 Å². The zero-order valence-corrected chi connectivity index (χ0v) is 8.80. The lowest BCUT2D eigenvalue weighted by Gasteiger charge is -2.43. The van der Waals surface area contributed by atoms with Crippen LogP contribution >= 0.6 is 11.6 Å². The number of aliphatic hydroxyl groups excluding tert-OH is 4. The van der Waals surface area contributed by atoms with Gasteiger partial charge in [0.25, 0.3) is 0 Å². The molecule has 90 valence electrons. The predicted molar refractivity (Wildman–Crippen MR) is 50.5 cm³/mol. The van der Waals surface area contributed by atoms with Gasteiger partial charge in [0.1, 0.15) is 24.9 Å². The third-order valence-corrected chi connectivity index (χ3v) is 2.46. The Balaban J connectivity index is 2.71. The van der Waals surface area contributed by atoms with Crippen LogP contribution in [0.3, 0.4) is 0 Å². The molecule has 1 saturated heterocycles. The molecule has 4 N–H and O–H groups in total. The van der Waals surface area contributed by atoms with Crippen molar-refractivity contribution in [1.29, 1.82) is 0 Å². The minimum atomic E-state index is -1.70. The molecule has 0 aliphatic carbocycles. The van der Waals surface area contributed by atoms with Crippen molar-refractivity contribution in [3.8, 4) is 0 Å². The summed E-state index contributed by atoms with van der Waals surface area (Å²) in [4.78, 5) is 0. The number of hydrogen-bond acceptors (Lipinski definition) is 6. The molecule has 0 aromatic carbocycles. The first-order valence-corrected chi connectivity index (χ1v) is 5.10. The van der Waals surface area contributed by atoms with Gasteiger partial charge in [0.05, 0.1) is 13.2 Å². The van der Waals surface area contributed by atoms with Gasteiger partial charge >= 0.3 is 0 Å². The van der Waals surface area contributed by atoms with Crippen LogP contribution in [0.1, 0.15) is 0 Å². The molecule has 7 heteroatoms. The lowest BCUT2D eigenvalue weighted by Crippen LogP contribution is -2.63. The first-order valence-electron chi connectivity index (χ1n) is 4.56. The van der Waals surface area contributed by atoms with Gasteiger partial charge in [0, 0.05) is 5.88 Å². The van der Waals surface area contributed by atoms with Gasteiger partial charge in [0.2, 0.25) is 5.79 Å². The standard InChI is InChI=1S/C8H15ClO6/c9-1-2-14-8(4-10)7(13)6(12)5(11)3-15-8/h5-7,10-13H,1-4H2/t5-,6+,7-,8-/m0/s1. The Bertz CT molecular complexity index is 200. The van der Waals surface area contributed by atoms with Gasteiger partial charge < -0.3 is 29.9 Å². The highest BCUT2D eigenvalue weighted by atomic mass is 35.5. The number of ether oxygens (including phenoxy) is 2. The summed E-state index contributed by atoms with van der Waals surface area (Å²) < 4.78 is 10.1. The van der Waals surface area contributed by atoms with Crippen LogP contribution < -0.4 is 0 Å². The van der Waals surface area contributed by atoms with E-state index in [0.29, 0.717) is 0 Å². The summed E-state index contributed by atoms with van der Waals surface area (Å²) in [6.45, 7) is -0.794. The van der Waals surface area contributed by atoms with E-state index < -0.39 is 30.7 Å². The minimum absolute atomic E-state index is 0.0575. The first-order chi connectivity index (χ1) is 7.07. The maximum absolute atomic E-state index is 9.62. The lowest BCUT2D eigenvalue weighted by atomic mass is 9.97. The Kier molecular flexibility index (Phi) is 4.72. The SMILES string of the molecule is OC[C@]1(OCCCl)OC[C@H](O)[C@@H](O)[C@@H]1O. The summed E-state index contributed by atoms with van der Waals surface area (Å²) in [5, 5.41) is 37.3. The van der Waals surface area contributed by atoms with Crippen molar-refractivity contribution in [3.05, 3.63) is 0 Å². The highest BCUT2D eigenvalue weighted by Crippen LogP contribution is 2.27. The van der Waals surface area contributed by atoms with E-state index in [1.54, 1.807) is 0 Å². The fourth-order valence-corrected chi connectivity index (χ4v) is 1.48. The molecule has 0 aromatic heterocycles. The maximum atomic E-state index is 9.62. The highest BCUT2D eigenvalue weighted by Gasteiger charge is 2.50. The third kappa shape index (κ3) is 2.59. The summed E-state index contributed by atoms with van der Waals surface area (Å²) in [5.74, 6) is -1.54. The maximum Gasteiger partial charge on any atom is 0.221 e. The second-order valence-corrected chi connectivity index (χ2v) is 3.70. The van der Waals surface area contributed by atoms with Crippen LogP contribution in [0, 0.1) is 0 Å². The molecule has 0 amide bonds. The zero-order valence-electron chi connectivity index (χ0n) is 8.04. The zero-order chi connectivity index (χ0) is 11.5. The molecule has 4 atom stereocenters. The summed E-state index contributed by atoms with van der Waals surface area (Å²) in [6, 6.07) is 0. The quantitative estimate of drug-likeness (QED) is 0.428. The number of aliphatic hydroxyl groups is 4. The Morgan fingerprint density at radius 3 is 2.60 bits per heavy atom. The fourth-order valence-electron chi connectivity index (χ4n) is 1.40. The van der Waals surface area contributed by atoms with Gasteiger partial charge in [-0.15, -0.1) is 11.6 Å².